The lowest BCUT2D eigenvalue weighted by atomic mass is 9.86. The Balaban J connectivity index is 1.76. The average molecular weight is 268 g/mol. The third-order valence-corrected chi connectivity index (χ3v) is 4.80. The SMILES string of the molecule is CCC(CC(N)=S)NC(=O)CC1CC2CCC1C2. The normalized spacial score (nSPS) is 31.3. The van der Waals surface area contributed by atoms with Gasteiger partial charge in [0.15, 0.2) is 0 Å². The molecule has 0 aromatic rings. The van der Waals surface area contributed by atoms with Gasteiger partial charge in [0.1, 0.15) is 0 Å². The van der Waals surface area contributed by atoms with E-state index in [2.05, 4.69) is 12.2 Å². The summed E-state index contributed by atoms with van der Waals surface area (Å²) >= 11 is 4.90. The standard InChI is InChI=1S/C14H24N2OS/c1-2-12(8-13(15)18)16-14(17)7-11-6-9-3-4-10(11)5-9/h9-12H,2-8H2,1H3,(H2,15,18)(H,16,17). The number of nitrogens with one attached hydrogen (secondary N) is 1. The van der Waals surface area contributed by atoms with E-state index in [0.29, 0.717) is 23.7 Å². The van der Waals surface area contributed by atoms with Crippen LogP contribution in [0.3, 0.4) is 0 Å². The van der Waals surface area contributed by atoms with E-state index in [-0.39, 0.29) is 11.9 Å². The van der Waals surface area contributed by atoms with Gasteiger partial charge in [-0.05, 0) is 43.4 Å². The van der Waals surface area contributed by atoms with Crippen molar-refractivity contribution in [1.29, 1.82) is 0 Å². The molecule has 3 nitrogen and oxygen atoms in total. The highest BCUT2D eigenvalue weighted by molar-refractivity contribution is 7.80. The lowest BCUT2D eigenvalue weighted by molar-refractivity contribution is -0.123. The van der Waals surface area contributed by atoms with E-state index >= 15 is 0 Å². The van der Waals surface area contributed by atoms with Crippen molar-refractivity contribution in [2.45, 2.75) is 57.9 Å². The highest BCUT2D eigenvalue weighted by Gasteiger charge is 2.40. The summed E-state index contributed by atoms with van der Waals surface area (Å²) in [7, 11) is 0. The van der Waals surface area contributed by atoms with Crippen LogP contribution in [-0.4, -0.2) is 16.9 Å². The van der Waals surface area contributed by atoms with E-state index in [1.807, 2.05) is 0 Å². The van der Waals surface area contributed by atoms with Crippen LogP contribution in [-0.2, 0) is 4.79 Å². The zero-order chi connectivity index (χ0) is 13.1. The van der Waals surface area contributed by atoms with Crippen molar-refractivity contribution >= 4 is 23.1 Å². The Morgan fingerprint density at radius 2 is 2.22 bits per heavy atom. The second-order valence-electron chi connectivity index (χ2n) is 5.98. The summed E-state index contributed by atoms with van der Waals surface area (Å²) in [5.74, 6) is 2.55. The molecular formula is C14H24N2OS. The Morgan fingerprint density at radius 3 is 2.72 bits per heavy atom. The van der Waals surface area contributed by atoms with E-state index in [4.69, 9.17) is 18.0 Å². The van der Waals surface area contributed by atoms with Crippen molar-refractivity contribution in [3.05, 3.63) is 0 Å². The Hall–Kier alpha value is -0.640. The van der Waals surface area contributed by atoms with E-state index in [1.54, 1.807) is 0 Å². The third kappa shape index (κ3) is 3.44. The summed E-state index contributed by atoms with van der Waals surface area (Å²) in [6.45, 7) is 2.06. The molecule has 0 heterocycles. The van der Waals surface area contributed by atoms with Gasteiger partial charge in [-0.25, -0.2) is 0 Å². The first-order valence-electron chi connectivity index (χ1n) is 7.16. The predicted molar refractivity (Wildman–Crippen MR) is 77.2 cm³/mol. The maximum absolute atomic E-state index is 12.0. The first-order valence-corrected chi connectivity index (χ1v) is 7.57. The molecule has 0 radical (unpaired) electrons. The molecular weight excluding hydrogens is 244 g/mol. The van der Waals surface area contributed by atoms with Gasteiger partial charge in [0, 0.05) is 18.9 Å². The second-order valence-corrected chi connectivity index (χ2v) is 6.51. The highest BCUT2D eigenvalue weighted by atomic mass is 32.1. The first kappa shape index (κ1) is 13.8. The van der Waals surface area contributed by atoms with Crippen LogP contribution in [0.5, 0.6) is 0 Å². The van der Waals surface area contributed by atoms with Gasteiger partial charge < -0.3 is 11.1 Å². The number of nitrogens with two attached hydrogens (primary N) is 1. The van der Waals surface area contributed by atoms with Crippen LogP contribution >= 0.6 is 12.2 Å². The quantitative estimate of drug-likeness (QED) is 0.727. The second kappa shape index (κ2) is 6.00. The van der Waals surface area contributed by atoms with Gasteiger partial charge in [-0.15, -0.1) is 0 Å². The summed E-state index contributed by atoms with van der Waals surface area (Å²) in [5, 5.41) is 3.08. The molecule has 0 aromatic carbocycles. The predicted octanol–water partition coefficient (Wildman–Crippen LogP) is 2.38. The molecule has 0 spiro atoms. The minimum Gasteiger partial charge on any atom is -0.393 e. The Kier molecular flexibility index (Phi) is 4.60. The van der Waals surface area contributed by atoms with Gasteiger partial charge in [0.2, 0.25) is 5.91 Å². The molecule has 0 aliphatic heterocycles. The van der Waals surface area contributed by atoms with Crippen LogP contribution in [0, 0.1) is 17.8 Å². The van der Waals surface area contributed by atoms with Crippen LogP contribution < -0.4 is 11.1 Å². The minimum absolute atomic E-state index is 0.119. The maximum Gasteiger partial charge on any atom is 0.220 e. The fourth-order valence-corrected chi connectivity index (χ4v) is 3.89. The molecule has 18 heavy (non-hydrogen) atoms. The number of fused-ring (bicyclic) bond motifs is 2. The lowest BCUT2D eigenvalue weighted by Gasteiger charge is -2.23. The molecule has 1 amide bonds. The van der Waals surface area contributed by atoms with Crippen molar-refractivity contribution in [2.75, 3.05) is 0 Å². The monoisotopic (exact) mass is 268 g/mol. The van der Waals surface area contributed by atoms with E-state index in [1.165, 1.54) is 25.7 Å². The number of carbonyl (C=O) groups is 1. The fourth-order valence-electron chi connectivity index (χ4n) is 3.69. The zero-order valence-corrected chi connectivity index (χ0v) is 12.0. The van der Waals surface area contributed by atoms with E-state index < -0.39 is 0 Å². The highest BCUT2D eigenvalue weighted by Crippen LogP contribution is 2.49. The Labute approximate surface area is 115 Å². The van der Waals surface area contributed by atoms with Crippen LogP contribution in [0.15, 0.2) is 0 Å². The number of rotatable bonds is 6. The molecule has 2 aliphatic carbocycles. The summed E-state index contributed by atoms with van der Waals surface area (Å²) in [5.41, 5.74) is 5.54. The number of carbonyl (C=O) groups excluding carboxylic acids is 1. The number of hydrogen-bond donors (Lipinski definition) is 2. The van der Waals surface area contributed by atoms with E-state index in [9.17, 15) is 4.79 Å². The van der Waals surface area contributed by atoms with Crippen molar-refractivity contribution < 1.29 is 4.79 Å². The summed E-state index contributed by atoms with van der Waals surface area (Å²) < 4.78 is 0. The van der Waals surface area contributed by atoms with Crippen LogP contribution in [0.2, 0.25) is 0 Å². The van der Waals surface area contributed by atoms with Gasteiger partial charge in [-0.1, -0.05) is 25.6 Å². The van der Waals surface area contributed by atoms with E-state index in [0.717, 1.165) is 18.3 Å². The summed E-state index contributed by atoms with van der Waals surface area (Å²) in [6.07, 6.45) is 7.57. The minimum atomic E-state index is 0.119. The molecule has 2 aliphatic rings. The molecule has 0 saturated heterocycles. The fraction of sp³-hybridized carbons (Fsp3) is 0.857. The number of thiocarbonyl (C=S) groups is 1. The summed E-state index contributed by atoms with van der Waals surface area (Å²) in [4.78, 5) is 12.5. The molecule has 0 aromatic heterocycles. The zero-order valence-electron chi connectivity index (χ0n) is 11.2. The lowest BCUT2D eigenvalue weighted by Crippen LogP contribution is -2.38. The van der Waals surface area contributed by atoms with Crippen molar-refractivity contribution in [2.24, 2.45) is 23.5 Å². The molecule has 2 saturated carbocycles. The number of hydrogen-bond acceptors (Lipinski definition) is 2. The Bertz CT molecular complexity index is 332. The number of amides is 1. The molecule has 4 unspecified atom stereocenters. The van der Waals surface area contributed by atoms with Gasteiger partial charge in [0.25, 0.3) is 0 Å². The average Bonchev–Trinajstić information content (AvgIpc) is 2.89. The van der Waals surface area contributed by atoms with Crippen LogP contribution in [0.4, 0.5) is 0 Å². The third-order valence-electron chi connectivity index (χ3n) is 4.64. The molecule has 2 rings (SSSR count). The van der Waals surface area contributed by atoms with Gasteiger partial charge >= 0.3 is 0 Å². The smallest absolute Gasteiger partial charge is 0.220 e. The van der Waals surface area contributed by atoms with Crippen molar-refractivity contribution in [1.82, 2.24) is 5.32 Å². The maximum atomic E-state index is 12.0. The van der Waals surface area contributed by atoms with Crippen molar-refractivity contribution in [3.63, 3.8) is 0 Å². The van der Waals surface area contributed by atoms with Crippen LogP contribution in [0.1, 0.15) is 51.9 Å². The first-order chi connectivity index (χ1) is 8.58. The van der Waals surface area contributed by atoms with Gasteiger partial charge in [0.05, 0.1) is 4.99 Å². The molecule has 4 heteroatoms. The van der Waals surface area contributed by atoms with Gasteiger partial charge in [-0.3, -0.25) is 4.79 Å². The summed E-state index contributed by atoms with van der Waals surface area (Å²) in [6, 6.07) is 0.119. The largest absolute Gasteiger partial charge is 0.393 e. The van der Waals surface area contributed by atoms with Crippen molar-refractivity contribution in [3.8, 4) is 0 Å². The van der Waals surface area contributed by atoms with Crippen LogP contribution in [0.25, 0.3) is 0 Å². The molecule has 102 valence electrons. The van der Waals surface area contributed by atoms with Gasteiger partial charge in [-0.2, -0.15) is 0 Å². The molecule has 2 fully saturated rings. The Morgan fingerprint density at radius 1 is 1.44 bits per heavy atom. The topological polar surface area (TPSA) is 55.1 Å². The molecule has 2 bridgehead atoms. The molecule has 3 N–H and O–H groups in total. The molecule has 4 atom stereocenters.